The van der Waals surface area contributed by atoms with E-state index in [0.717, 1.165) is 27.6 Å². The Morgan fingerprint density at radius 3 is 2.50 bits per heavy atom. The second kappa shape index (κ2) is 9.81. The van der Waals surface area contributed by atoms with Gasteiger partial charge < -0.3 is 15.4 Å². The van der Waals surface area contributed by atoms with Crippen LogP contribution < -0.4 is 15.4 Å². The lowest BCUT2D eigenvalue weighted by Gasteiger charge is -2.18. The van der Waals surface area contributed by atoms with Crippen LogP contribution in [0, 0.1) is 13.8 Å². The number of anilines is 1. The number of carbonyl (C=O) groups excluding carboxylic acids is 2. The number of benzene rings is 2. The van der Waals surface area contributed by atoms with Crippen molar-refractivity contribution in [1.29, 1.82) is 0 Å². The number of pyridine rings is 1. The molecule has 0 fully saturated rings. The molecule has 2 heterocycles. The highest BCUT2D eigenvalue weighted by molar-refractivity contribution is 5.99. The van der Waals surface area contributed by atoms with Gasteiger partial charge in [-0.25, -0.2) is 0 Å². The van der Waals surface area contributed by atoms with E-state index >= 15 is 0 Å². The number of aromatic nitrogens is 3. The van der Waals surface area contributed by atoms with Crippen LogP contribution in [0.5, 0.6) is 11.5 Å². The lowest BCUT2D eigenvalue weighted by atomic mass is 9.99. The lowest BCUT2D eigenvalue weighted by Crippen LogP contribution is -2.22. The normalized spacial score (nSPS) is 11.4. The molecule has 2 amide bonds. The summed E-state index contributed by atoms with van der Waals surface area (Å²) in [6, 6.07) is 10.9. The van der Waals surface area contributed by atoms with Gasteiger partial charge >= 0.3 is 0 Å². The van der Waals surface area contributed by atoms with Crippen LogP contribution in [-0.2, 0) is 16.8 Å². The predicted octanol–water partition coefficient (Wildman–Crippen LogP) is 5.14. The molecule has 0 radical (unpaired) electrons. The maximum absolute atomic E-state index is 12.7. The molecule has 36 heavy (non-hydrogen) atoms. The number of amides is 2. The van der Waals surface area contributed by atoms with E-state index in [1.54, 1.807) is 43.7 Å². The number of fused-ring (bicyclic) bond motifs is 1. The number of rotatable bonds is 6. The summed E-state index contributed by atoms with van der Waals surface area (Å²) in [6.07, 6.45) is 5.41. The third-order valence-corrected chi connectivity index (χ3v) is 6.17. The summed E-state index contributed by atoms with van der Waals surface area (Å²) in [6.45, 7) is 10.1. The predicted molar refractivity (Wildman–Crippen MR) is 141 cm³/mol. The van der Waals surface area contributed by atoms with Gasteiger partial charge in [-0.05, 0) is 81.6 Å². The van der Waals surface area contributed by atoms with Crippen molar-refractivity contribution in [3.63, 3.8) is 0 Å². The Bertz CT molecular complexity index is 1450. The van der Waals surface area contributed by atoms with Gasteiger partial charge in [0.2, 0.25) is 5.91 Å². The zero-order valence-corrected chi connectivity index (χ0v) is 21.5. The summed E-state index contributed by atoms with van der Waals surface area (Å²) < 4.78 is 8.10. The number of nitrogens with zero attached hydrogens (tertiary/aromatic N) is 3. The molecule has 0 aliphatic rings. The van der Waals surface area contributed by atoms with E-state index in [4.69, 9.17) is 4.74 Å². The molecule has 0 aliphatic heterocycles. The number of ether oxygens (including phenoxy) is 1. The van der Waals surface area contributed by atoms with Crippen LogP contribution in [0.15, 0.2) is 55.0 Å². The highest BCUT2D eigenvalue weighted by atomic mass is 16.5. The van der Waals surface area contributed by atoms with Gasteiger partial charge in [0.05, 0.1) is 29.4 Å². The SMILES string of the molecule is CNC(=O)c1ccc2nccc(Oc3ccc(CC(=O)Nc4cnn(C(C)(C)C)c4)c(C)c3C)c2c1. The van der Waals surface area contributed by atoms with Crippen LogP contribution in [0.3, 0.4) is 0 Å². The summed E-state index contributed by atoms with van der Waals surface area (Å²) in [5.74, 6) is 1.00. The van der Waals surface area contributed by atoms with E-state index in [1.807, 2.05) is 36.9 Å². The number of hydrogen-bond acceptors (Lipinski definition) is 5. The highest BCUT2D eigenvalue weighted by Gasteiger charge is 2.17. The van der Waals surface area contributed by atoms with E-state index in [9.17, 15) is 9.59 Å². The maximum atomic E-state index is 12.7. The third kappa shape index (κ3) is 5.22. The van der Waals surface area contributed by atoms with Gasteiger partial charge in [0.25, 0.3) is 5.91 Å². The molecule has 4 aromatic rings. The zero-order chi connectivity index (χ0) is 26.0. The second-order valence-electron chi connectivity index (χ2n) is 9.76. The van der Waals surface area contributed by atoms with Crippen molar-refractivity contribution < 1.29 is 14.3 Å². The summed E-state index contributed by atoms with van der Waals surface area (Å²) >= 11 is 0. The summed E-state index contributed by atoms with van der Waals surface area (Å²) in [5.41, 5.74) is 4.62. The first-order chi connectivity index (χ1) is 17.1. The minimum absolute atomic E-state index is 0.110. The van der Waals surface area contributed by atoms with Crippen LogP contribution in [0.25, 0.3) is 10.9 Å². The van der Waals surface area contributed by atoms with Crippen molar-refractivity contribution in [2.45, 2.75) is 46.6 Å². The fraction of sp³-hybridized carbons (Fsp3) is 0.286. The minimum Gasteiger partial charge on any atom is -0.456 e. The van der Waals surface area contributed by atoms with Crippen molar-refractivity contribution in [2.24, 2.45) is 0 Å². The van der Waals surface area contributed by atoms with E-state index in [2.05, 4.69) is 41.5 Å². The van der Waals surface area contributed by atoms with Gasteiger partial charge in [-0.3, -0.25) is 19.3 Å². The largest absolute Gasteiger partial charge is 0.456 e. The van der Waals surface area contributed by atoms with Crippen LogP contribution >= 0.6 is 0 Å². The molecule has 186 valence electrons. The average molecular weight is 486 g/mol. The van der Waals surface area contributed by atoms with Gasteiger partial charge in [0.1, 0.15) is 11.5 Å². The Morgan fingerprint density at radius 2 is 1.81 bits per heavy atom. The fourth-order valence-corrected chi connectivity index (χ4v) is 3.90. The second-order valence-corrected chi connectivity index (χ2v) is 9.76. The first kappa shape index (κ1) is 24.9. The highest BCUT2D eigenvalue weighted by Crippen LogP contribution is 2.33. The first-order valence-electron chi connectivity index (χ1n) is 11.8. The molecule has 0 bridgehead atoms. The van der Waals surface area contributed by atoms with Crippen molar-refractivity contribution in [3.8, 4) is 11.5 Å². The molecule has 0 unspecified atom stereocenters. The quantitative estimate of drug-likeness (QED) is 0.394. The van der Waals surface area contributed by atoms with Gasteiger partial charge in [0.15, 0.2) is 0 Å². The molecule has 2 aromatic carbocycles. The Morgan fingerprint density at radius 1 is 1.03 bits per heavy atom. The summed E-state index contributed by atoms with van der Waals surface area (Å²) in [7, 11) is 1.60. The molecular formula is C28H31N5O3. The molecule has 0 saturated heterocycles. The molecule has 2 aromatic heterocycles. The smallest absolute Gasteiger partial charge is 0.251 e. The van der Waals surface area contributed by atoms with Crippen LogP contribution in [0.1, 0.15) is 47.8 Å². The van der Waals surface area contributed by atoms with Crippen LogP contribution in [0.2, 0.25) is 0 Å². The standard InChI is InChI=1S/C28H31N5O3/c1-17-18(2)24(36-25-11-12-30-23-9-7-20(13-22(23)25)27(35)29-6)10-8-19(17)14-26(34)32-21-15-31-33(16-21)28(3,4)5/h7-13,15-16H,14H2,1-6H3,(H,29,35)(H,32,34). The average Bonchev–Trinajstić information content (AvgIpc) is 3.32. The summed E-state index contributed by atoms with van der Waals surface area (Å²) in [4.78, 5) is 29.2. The summed E-state index contributed by atoms with van der Waals surface area (Å²) in [5, 5.41) is 10.6. The van der Waals surface area contributed by atoms with Gasteiger partial charge in [0, 0.05) is 30.4 Å². The van der Waals surface area contributed by atoms with Gasteiger partial charge in [-0.1, -0.05) is 6.07 Å². The molecule has 4 rings (SSSR count). The van der Waals surface area contributed by atoms with Crippen molar-refractivity contribution in [2.75, 3.05) is 12.4 Å². The number of carbonyl (C=O) groups is 2. The van der Waals surface area contributed by atoms with Crippen LogP contribution in [0.4, 0.5) is 5.69 Å². The molecular weight excluding hydrogens is 454 g/mol. The number of nitrogens with one attached hydrogen (secondary N) is 2. The van der Waals surface area contributed by atoms with Gasteiger partial charge in [-0.2, -0.15) is 5.10 Å². The molecule has 2 N–H and O–H groups in total. The molecule has 0 atom stereocenters. The number of hydrogen-bond donors (Lipinski definition) is 2. The lowest BCUT2D eigenvalue weighted by molar-refractivity contribution is -0.115. The van der Waals surface area contributed by atoms with Crippen LogP contribution in [-0.4, -0.2) is 33.6 Å². The Kier molecular flexibility index (Phi) is 6.79. The Labute approximate surface area is 210 Å². The maximum Gasteiger partial charge on any atom is 0.251 e. The molecule has 8 heteroatoms. The van der Waals surface area contributed by atoms with Crippen molar-refractivity contribution >= 4 is 28.4 Å². The van der Waals surface area contributed by atoms with E-state index in [-0.39, 0.29) is 23.8 Å². The third-order valence-electron chi connectivity index (χ3n) is 6.17. The zero-order valence-electron chi connectivity index (χ0n) is 21.5. The Hall–Kier alpha value is -4.20. The van der Waals surface area contributed by atoms with Crippen molar-refractivity contribution in [1.82, 2.24) is 20.1 Å². The van der Waals surface area contributed by atoms with Gasteiger partial charge in [-0.15, -0.1) is 0 Å². The molecule has 0 saturated carbocycles. The van der Waals surface area contributed by atoms with E-state index in [0.29, 0.717) is 22.7 Å². The molecule has 8 nitrogen and oxygen atoms in total. The van der Waals surface area contributed by atoms with E-state index in [1.165, 1.54) is 0 Å². The van der Waals surface area contributed by atoms with E-state index < -0.39 is 0 Å². The minimum atomic E-state index is -0.174. The molecule has 0 aliphatic carbocycles. The monoisotopic (exact) mass is 485 g/mol. The molecule has 0 spiro atoms. The first-order valence-corrected chi connectivity index (χ1v) is 11.8. The topological polar surface area (TPSA) is 98.1 Å². The fourth-order valence-electron chi connectivity index (χ4n) is 3.90. The van der Waals surface area contributed by atoms with Crippen molar-refractivity contribution in [3.05, 3.63) is 77.2 Å². The Balaban J connectivity index is 1.53.